The zero-order valence-corrected chi connectivity index (χ0v) is 7.26. The molecule has 0 aliphatic carbocycles. The molecule has 3 rings (SSSR count). The van der Waals surface area contributed by atoms with E-state index in [2.05, 4.69) is 10.3 Å². The van der Waals surface area contributed by atoms with Gasteiger partial charge in [0.05, 0.1) is 0 Å². The number of hydrogen-bond donors (Lipinski definition) is 1. The molecule has 0 saturated carbocycles. The van der Waals surface area contributed by atoms with Gasteiger partial charge in [0.15, 0.2) is 0 Å². The van der Waals surface area contributed by atoms with Crippen LogP contribution in [0.4, 0.5) is 4.39 Å². The third kappa shape index (κ3) is 1.000. The number of hydrogen-bond acceptors (Lipinski definition) is 2. The van der Waals surface area contributed by atoms with Crippen molar-refractivity contribution >= 4 is 0 Å². The second-order valence-electron chi connectivity index (χ2n) is 3.87. The molecule has 1 saturated heterocycles. The molecule has 13 heavy (non-hydrogen) atoms. The van der Waals surface area contributed by atoms with E-state index in [-0.39, 0.29) is 5.95 Å². The molecule has 0 amide bonds. The number of aromatic nitrogens is 1. The van der Waals surface area contributed by atoms with Gasteiger partial charge in [0.1, 0.15) is 0 Å². The van der Waals surface area contributed by atoms with Gasteiger partial charge in [0.2, 0.25) is 5.95 Å². The fourth-order valence-corrected chi connectivity index (χ4v) is 2.48. The Labute approximate surface area is 76.2 Å². The van der Waals surface area contributed by atoms with E-state index in [0.717, 1.165) is 24.0 Å². The molecular formula is C10H11FN2. The van der Waals surface area contributed by atoms with Crippen molar-refractivity contribution in [1.82, 2.24) is 10.3 Å². The molecule has 2 bridgehead atoms. The first kappa shape index (κ1) is 7.44. The van der Waals surface area contributed by atoms with Crippen molar-refractivity contribution in [2.75, 3.05) is 0 Å². The fourth-order valence-electron chi connectivity index (χ4n) is 2.48. The van der Waals surface area contributed by atoms with Crippen LogP contribution >= 0.6 is 0 Å². The Morgan fingerprint density at radius 2 is 2.38 bits per heavy atom. The first-order valence-electron chi connectivity index (χ1n) is 4.74. The van der Waals surface area contributed by atoms with Crippen molar-refractivity contribution in [3.63, 3.8) is 0 Å². The lowest BCUT2D eigenvalue weighted by atomic mass is 9.97. The van der Waals surface area contributed by atoms with Crippen LogP contribution in [0.25, 0.3) is 0 Å². The first-order chi connectivity index (χ1) is 6.34. The summed E-state index contributed by atoms with van der Waals surface area (Å²) >= 11 is 0. The van der Waals surface area contributed by atoms with Gasteiger partial charge >= 0.3 is 0 Å². The SMILES string of the molecule is Fc1nccc2c1C[C@H]1CC[C@@H]2N1. The number of fused-ring (bicyclic) bond motifs is 4. The second kappa shape index (κ2) is 2.51. The van der Waals surface area contributed by atoms with Gasteiger partial charge in [-0.15, -0.1) is 0 Å². The van der Waals surface area contributed by atoms with Crippen molar-refractivity contribution < 1.29 is 4.39 Å². The van der Waals surface area contributed by atoms with E-state index in [0.29, 0.717) is 12.1 Å². The normalized spacial score (nSPS) is 30.2. The monoisotopic (exact) mass is 178 g/mol. The molecule has 0 radical (unpaired) electrons. The summed E-state index contributed by atoms with van der Waals surface area (Å²) in [7, 11) is 0. The summed E-state index contributed by atoms with van der Waals surface area (Å²) in [5.74, 6) is -0.268. The molecule has 2 aliphatic rings. The standard InChI is InChI=1S/C10H11FN2/c11-10-8-5-6-1-2-9(13-6)7(8)3-4-12-10/h3-4,6,9,13H,1-2,5H2/t6-,9+/m1/s1. The van der Waals surface area contributed by atoms with Gasteiger partial charge in [-0.05, 0) is 30.9 Å². The minimum Gasteiger partial charge on any atom is -0.307 e. The molecule has 1 fully saturated rings. The smallest absolute Gasteiger partial charge is 0.216 e. The van der Waals surface area contributed by atoms with Gasteiger partial charge in [0, 0.05) is 23.8 Å². The van der Waals surface area contributed by atoms with E-state index in [1.54, 1.807) is 6.20 Å². The second-order valence-corrected chi connectivity index (χ2v) is 3.87. The van der Waals surface area contributed by atoms with Crippen LogP contribution in [0.3, 0.4) is 0 Å². The van der Waals surface area contributed by atoms with Crippen molar-refractivity contribution in [1.29, 1.82) is 0 Å². The van der Waals surface area contributed by atoms with Crippen molar-refractivity contribution in [2.24, 2.45) is 0 Å². The van der Waals surface area contributed by atoms with E-state index in [1.165, 1.54) is 6.42 Å². The Morgan fingerprint density at radius 3 is 3.31 bits per heavy atom. The van der Waals surface area contributed by atoms with E-state index in [4.69, 9.17) is 0 Å². The van der Waals surface area contributed by atoms with Crippen molar-refractivity contribution in [3.8, 4) is 0 Å². The molecule has 0 aromatic carbocycles. The quantitative estimate of drug-likeness (QED) is 0.610. The van der Waals surface area contributed by atoms with Gasteiger partial charge in [-0.25, -0.2) is 4.98 Å². The van der Waals surface area contributed by atoms with Crippen molar-refractivity contribution in [2.45, 2.75) is 31.3 Å². The van der Waals surface area contributed by atoms with Crippen LogP contribution in [0.2, 0.25) is 0 Å². The lowest BCUT2D eigenvalue weighted by Crippen LogP contribution is -2.32. The molecule has 0 unspecified atom stereocenters. The molecule has 3 heterocycles. The number of nitrogens with one attached hydrogen (secondary N) is 1. The fraction of sp³-hybridized carbons (Fsp3) is 0.500. The van der Waals surface area contributed by atoms with Crippen LogP contribution in [0.15, 0.2) is 12.3 Å². The number of rotatable bonds is 0. The molecule has 3 heteroatoms. The molecule has 68 valence electrons. The predicted octanol–water partition coefficient (Wildman–Crippen LogP) is 1.57. The molecule has 1 aromatic heterocycles. The zero-order chi connectivity index (χ0) is 8.84. The molecule has 2 aliphatic heterocycles. The lowest BCUT2D eigenvalue weighted by Gasteiger charge is -2.24. The van der Waals surface area contributed by atoms with Crippen LogP contribution in [0.5, 0.6) is 0 Å². The summed E-state index contributed by atoms with van der Waals surface area (Å²) in [5.41, 5.74) is 1.97. The average molecular weight is 178 g/mol. The minimum atomic E-state index is -0.268. The van der Waals surface area contributed by atoms with Gasteiger partial charge in [0.25, 0.3) is 0 Å². The number of nitrogens with zero attached hydrogens (tertiary/aromatic N) is 1. The van der Waals surface area contributed by atoms with Crippen LogP contribution in [0.1, 0.15) is 30.0 Å². The molecule has 2 atom stereocenters. The lowest BCUT2D eigenvalue weighted by molar-refractivity contribution is 0.478. The van der Waals surface area contributed by atoms with Gasteiger partial charge in [-0.3, -0.25) is 0 Å². The molecule has 0 spiro atoms. The summed E-state index contributed by atoms with van der Waals surface area (Å²) in [6.45, 7) is 0. The summed E-state index contributed by atoms with van der Waals surface area (Å²) in [5, 5.41) is 3.48. The Bertz CT molecular complexity index is 351. The van der Waals surface area contributed by atoms with E-state index in [9.17, 15) is 4.39 Å². The maximum Gasteiger partial charge on any atom is 0.216 e. The van der Waals surface area contributed by atoms with E-state index >= 15 is 0 Å². The molecule has 2 nitrogen and oxygen atoms in total. The van der Waals surface area contributed by atoms with Gasteiger partial charge in [-0.1, -0.05) is 0 Å². The highest BCUT2D eigenvalue weighted by Gasteiger charge is 2.33. The summed E-state index contributed by atoms with van der Waals surface area (Å²) < 4.78 is 13.3. The third-order valence-corrected chi connectivity index (χ3v) is 3.11. The summed E-state index contributed by atoms with van der Waals surface area (Å²) in [6, 6.07) is 2.81. The first-order valence-corrected chi connectivity index (χ1v) is 4.74. The van der Waals surface area contributed by atoms with Crippen LogP contribution in [-0.4, -0.2) is 11.0 Å². The average Bonchev–Trinajstić information content (AvgIpc) is 2.51. The van der Waals surface area contributed by atoms with Gasteiger partial charge < -0.3 is 5.32 Å². The van der Waals surface area contributed by atoms with E-state index < -0.39 is 0 Å². The van der Waals surface area contributed by atoms with Crippen molar-refractivity contribution in [3.05, 3.63) is 29.3 Å². The Morgan fingerprint density at radius 1 is 1.46 bits per heavy atom. The van der Waals surface area contributed by atoms with E-state index in [1.807, 2.05) is 6.07 Å². The van der Waals surface area contributed by atoms with Crippen LogP contribution < -0.4 is 5.32 Å². The minimum absolute atomic E-state index is 0.268. The van der Waals surface area contributed by atoms with Crippen LogP contribution in [0, 0.1) is 5.95 Å². The highest BCUT2D eigenvalue weighted by Crippen LogP contribution is 2.35. The molecule has 1 aromatic rings. The summed E-state index contributed by atoms with van der Waals surface area (Å²) in [6.07, 6.45) is 4.68. The Balaban J connectivity index is 2.16. The number of halogens is 1. The maximum absolute atomic E-state index is 13.3. The summed E-state index contributed by atoms with van der Waals surface area (Å²) in [4.78, 5) is 3.69. The maximum atomic E-state index is 13.3. The molecular weight excluding hydrogens is 167 g/mol. The third-order valence-electron chi connectivity index (χ3n) is 3.11. The Kier molecular flexibility index (Phi) is 1.44. The molecule has 1 N–H and O–H groups in total. The highest BCUT2D eigenvalue weighted by atomic mass is 19.1. The van der Waals surface area contributed by atoms with Gasteiger partial charge in [-0.2, -0.15) is 4.39 Å². The topological polar surface area (TPSA) is 24.9 Å². The van der Waals surface area contributed by atoms with Crippen LogP contribution in [-0.2, 0) is 6.42 Å². The zero-order valence-electron chi connectivity index (χ0n) is 7.26. The largest absolute Gasteiger partial charge is 0.307 e. The highest BCUT2D eigenvalue weighted by molar-refractivity contribution is 5.33. The number of pyridine rings is 1. The predicted molar refractivity (Wildman–Crippen MR) is 46.8 cm³/mol. The Hall–Kier alpha value is -0.960.